The maximum atomic E-state index is 13.1. The van der Waals surface area contributed by atoms with Crippen LogP contribution in [0.15, 0.2) is 30.3 Å². The third-order valence-electron chi connectivity index (χ3n) is 4.09. The van der Waals surface area contributed by atoms with E-state index in [-0.39, 0.29) is 17.5 Å². The summed E-state index contributed by atoms with van der Waals surface area (Å²) in [5.74, 6) is 0.0196. The summed E-state index contributed by atoms with van der Waals surface area (Å²) in [6, 6.07) is 6.21. The van der Waals surface area contributed by atoms with E-state index >= 15 is 0 Å². The molecule has 1 aromatic carbocycles. The quantitative estimate of drug-likeness (QED) is 0.828. The summed E-state index contributed by atoms with van der Waals surface area (Å²) < 4.78 is 44.8. The zero-order valence-electron chi connectivity index (χ0n) is 14.6. The minimum absolute atomic E-state index is 0.0192. The molecule has 3 rings (SSSR count). The maximum Gasteiger partial charge on any atom is 0.418 e. The molecule has 6 nitrogen and oxygen atoms in total. The number of nitrogens with one attached hydrogen (secondary N) is 2. The fourth-order valence-corrected chi connectivity index (χ4v) is 2.82. The van der Waals surface area contributed by atoms with E-state index in [9.17, 15) is 18.0 Å². The highest BCUT2D eigenvalue weighted by Crippen LogP contribution is 2.34. The van der Waals surface area contributed by atoms with Crippen LogP contribution in [-0.2, 0) is 10.9 Å². The lowest BCUT2D eigenvalue weighted by atomic mass is 10.1. The third kappa shape index (κ3) is 4.94. The molecule has 1 saturated heterocycles. The number of ether oxygens (including phenoxy) is 1. The molecule has 0 spiro atoms. The molecule has 27 heavy (non-hydrogen) atoms. The molecule has 1 aromatic heterocycles. The van der Waals surface area contributed by atoms with Gasteiger partial charge in [-0.25, -0.2) is 9.97 Å². The van der Waals surface area contributed by atoms with Crippen molar-refractivity contribution in [3.63, 3.8) is 0 Å². The molecule has 0 bridgehead atoms. The summed E-state index contributed by atoms with van der Waals surface area (Å²) >= 11 is 0. The highest BCUT2D eigenvalue weighted by molar-refractivity contribution is 6.03. The van der Waals surface area contributed by atoms with Gasteiger partial charge in [-0.3, -0.25) is 4.79 Å². The molecule has 144 valence electrons. The van der Waals surface area contributed by atoms with Crippen LogP contribution in [0.3, 0.4) is 0 Å². The fourth-order valence-electron chi connectivity index (χ4n) is 2.82. The number of aromatic nitrogens is 2. The van der Waals surface area contributed by atoms with Crippen molar-refractivity contribution in [3.05, 3.63) is 47.4 Å². The minimum Gasteiger partial charge on any atom is -0.376 e. The second kappa shape index (κ2) is 7.91. The van der Waals surface area contributed by atoms with E-state index in [1.165, 1.54) is 24.3 Å². The van der Waals surface area contributed by atoms with E-state index in [1.807, 2.05) is 0 Å². The van der Waals surface area contributed by atoms with E-state index in [1.54, 1.807) is 6.92 Å². The molecular formula is C18H19F3N4O2. The Kier molecular flexibility index (Phi) is 5.59. The molecule has 2 aromatic rings. The van der Waals surface area contributed by atoms with E-state index in [0.717, 1.165) is 25.5 Å². The van der Waals surface area contributed by atoms with Crippen molar-refractivity contribution in [2.45, 2.75) is 32.0 Å². The molecule has 1 amide bonds. The molecule has 1 unspecified atom stereocenters. The number of alkyl halides is 3. The average molecular weight is 380 g/mol. The predicted molar refractivity (Wildman–Crippen MR) is 93.6 cm³/mol. The molecule has 2 heterocycles. The molecule has 1 aliphatic rings. The topological polar surface area (TPSA) is 76.1 Å². The summed E-state index contributed by atoms with van der Waals surface area (Å²) in [4.78, 5) is 20.7. The van der Waals surface area contributed by atoms with Gasteiger partial charge in [0.2, 0.25) is 0 Å². The van der Waals surface area contributed by atoms with E-state index in [4.69, 9.17) is 4.74 Å². The summed E-state index contributed by atoms with van der Waals surface area (Å²) in [5, 5.41) is 5.37. The minimum atomic E-state index is -4.57. The number of hydrogen-bond donors (Lipinski definition) is 2. The van der Waals surface area contributed by atoms with Crippen LogP contribution in [0.5, 0.6) is 0 Å². The number of aryl methyl sites for hydroxylation is 1. The zero-order valence-corrected chi connectivity index (χ0v) is 14.6. The summed E-state index contributed by atoms with van der Waals surface area (Å²) in [7, 11) is 0. The molecule has 9 heteroatoms. The molecule has 0 radical (unpaired) electrons. The van der Waals surface area contributed by atoms with Crippen LogP contribution in [0.1, 0.15) is 34.7 Å². The summed E-state index contributed by atoms with van der Waals surface area (Å²) in [5.41, 5.74) is -1.25. The Balaban J connectivity index is 1.75. The Labute approximate surface area is 154 Å². The Morgan fingerprint density at radius 3 is 2.78 bits per heavy atom. The lowest BCUT2D eigenvalue weighted by Gasteiger charge is -2.14. The van der Waals surface area contributed by atoms with Crippen molar-refractivity contribution >= 4 is 17.4 Å². The van der Waals surface area contributed by atoms with Crippen molar-refractivity contribution in [1.82, 2.24) is 9.97 Å². The number of nitrogens with zero attached hydrogens (tertiary/aromatic N) is 2. The smallest absolute Gasteiger partial charge is 0.376 e. The van der Waals surface area contributed by atoms with Gasteiger partial charge in [0.15, 0.2) is 0 Å². The lowest BCUT2D eigenvalue weighted by Crippen LogP contribution is -2.21. The van der Waals surface area contributed by atoms with Crippen LogP contribution in [-0.4, -0.2) is 35.1 Å². The SMILES string of the molecule is Cc1nc(NCC2CCCO2)cc(C(=O)Nc2ccccc2C(F)(F)F)n1. The molecule has 1 atom stereocenters. The molecule has 1 aliphatic heterocycles. The van der Waals surface area contributed by atoms with Gasteiger partial charge in [0, 0.05) is 19.2 Å². The van der Waals surface area contributed by atoms with Gasteiger partial charge in [-0.1, -0.05) is 12.1 Å². The molecule has 0 saturated carbocycles. The number of carbonyl (C=O) groups is 1. The third-order valence-corrected chi connectivity index (χ3v) is 4.09. The van der Waals surface area contributed by atoms with Crippen molar-refractivity contribution in [3.8, 4) is 0 Å². The second-order valence-corrected chi connectivity index (χ2v) is 6.20. The maximum absolute atomic E-state index is 13.1. The van der Waals surface area contributed by atoms with Crippen LogP contribution in [0.4, 0.5) is 24.7 Å². The lowest BCUT2D eigenvalue weighted by molar-refractivity contribution is -0.136. The van der Waals surface area contributed by atoms with Crippen LogP contribution in [0.2, 0.25) is 0 Å². The Hall–Kier alpha value is -2.68. The van der Waals surface area contributed by atoms with Crippen molar-refractivity contribution in [2.24, 2.45) is 0 Å². The highest BCUT2D eigenvalue weighted by Gasteiger charge is 2.33. The number of benzene rings is 1. The first-order valence-corrected chi connectivity index (χ1v) is 8.51. The molecule has 0 aliphatic carbocycles. The van der Waals surface area contributed by atoms with Gasteiger partial charge in [0.1, 0.15) is 17.3 Å². The molecular weight excluding hydrogens is 361 g/mol. The second-order valence-electron chi connectivity index (χ2n) is 6.20. The van der Waals surface area contributed by atoms with Gasteiger partial charge >= 0.3 is 6.18 Å². The zero-order chi connectivity index (χ0) is 19.4. The van der Waals surface area contributed by atoms with E-state index < -0.39 is 17.6 Å². The first-order valence-electron chi connectivity index (χ1n) is 8.51. The van der Waals surface area contributed by atoms with Gasteiger partial charge < -0.3 is 15.4 Å². The van der Waals surface area contributed by atoms with Crippen molar-refractivity contribution in [1.29, 1.82) is 0 Å². The Bertz CT molecular complexity index is 820. The largest absolute Gasteiger partial charge is 0.418 e. The number of para-hydroxylation sites is 1. The Morgan fingerprint density at radius 1 is 1.30 bits per heavy atom. The monoisotopic (exact) mass is 380 g/mol. The number of halogens is 3. The number of anilines is 2. The van der Waals surface area contributed by atoms with Crippen LogP contribution in [0.25, 0.3) is 0 Å². The fraction of sp³-hybridized carbons (Fsp3) is 0.389. The molecule has 1 fully saturated rings. The predicted octanol–water partition coefficient (Wildman–Crippen LogP) is 3.65. The van der Waals surface area contributed by atoms with Crippen LogP contribution in [0, 0.1) is 6.92 Å². The van der Waals surface area contributed by atoms with Crippen LogP contribution >= 0.6 is 0 Å². The van der Waals surface area contributed by atoms with Crippen molar-refractivity contribution < 1.29 is 22.7 Å². The van der Waals surface area contributed by atoms with Gasteiger partial charge in [0.05, 0.1) is 17.4 Å². The number of amides is 1. The van der Waals surface area contributed by atoms with E-state index in [0.29, 0.717) is 18.2 Å². The number of rotatable bonds is 5. The first kappa shape index (κ1) is 19.1. The Morgan fingerprint density at radius 2 is 2.07 bits per heavy atom. The van der Waals surface area contributed by atoms with Gasteiger partial charge in [-0.05, 0) is 31.9 Å². The van der Waals surface area contributed by atoms with Gasteiger partial charge in [-0.2, -0.15) is 13.2 Å². The van der Waals surface area contributed by atoms with E-state index in [2.05, 4.69) is 20.6 Å². The van der Waals surface area contributed by atoms with Crippen molar-refractivity contribution in [2.75, 3.05) is 23.8 Å². The average Bonchev–Trinajstić information content (AvgIpc) is 3.12. The normalized spacial score (nSPS) is 17.0. The highest BCUT2D eigenvalue weighted by atomic mass is 19.4. The standard InChI is InChI=1S/C18H19F3N4O2/c1-11-23-15(9-16(24-11)22-10-12-5-4-8-27-12)17(26)25-14-7-3-2-6-13(14)18(19,20)21/h2-3,6-7,9,12H,4-5,8,10H2,1H3,(H,25,26)(H,22,23,24). The van der Waals surface area contributed by atoms with Crippen LogP contribution < -0.4 is 10.6 Å². The number of carbonyl (C=O) groups excluding carboxylic acids is 1. The first-order chi connectivity index (χ1) is 12.8. The summed E-state index contributed by atoms with van der Waals surface area (Å²) in [6.45, 7) is 2.87. The van der Waals surface area contributed by atoms with Gasteiger partial charge in [-0.15, -0.1) is 0 Å². The number of hydrogen-bond acceptors (Lipinski definition) is 5. The summed E-state index contributed by atoms with van der Waals surface area (Å²) in [6.07, 6.45) is -2.55. The van der Waals surface area contributed by atoms with Gasteiger partial charge in [0.25, 0.3) is 5.91 Å². The molecule has 2 N–H and O–H groups in total.